The van der Waals surface area contributed by atoms with E-state index in [-0.39, 0.29) is 118 Å². The van der Waals surface area contributed by atoms with Crippen LogP contribution in [-0.2, 0) is 29.6 Å². The van der Waals surface area contributed by atoms with Crippen molar-refractivity contribution < 1.29 is 71.6 Å². The molecule has 2 heterocycles. The van der Waals surface area contributed by atoms with Crippen LogP contribution >= 0.6 is 0 Å². The third kappa shape index (κ3) is 19.5. The van der Waals surface area contributed by atoms with Gasteiger partial charge in [0.15, 0.2) is 0 Å². The molecule has 0 saturated heterocycles. The molecule has 0 aliphatic heterocycles. The Bertz CT molecular complexity index is 2450. The molecule has 68 heavy (non-hydrogen) atoms. The van der Waals surface area contributed by atoms with Crippen molar-refractivity contribution in [3.05, 3.63) is 94.8 Å². The van der Waals surface area contributed by atoms with E-state index in [0.29, 0.717) is 45.0 Å². The Labute approximate surface area is 460 Å². The van der Waals surface area contributed by atoms with E-state index in [9.17, 15) is 55.6 Å². The largest absolute Gasteiger partial charge is 2.00 e. The standard InChI is InChI=1S/2C22H28FN3O6S.2Ca.4H/c2*1-13(2)20-18(10-9-16(27)11-17(28)12-19(29)30)21(14-5-7-15(23)8-6-14)25-22(24-20)26(3)33(4,31)32;;;;;;/h2*5-10,13,16-17,27-28H,11-12H2,1-4H3,(H,29,30);;;;;;/q;;2*+2;4*-1/t2*16-,17-;;;;;;/m11....../s1. The molecule has 0 aliphatic rings. The first-order valence-electron chi connectivity index (χ1n) is 20.3. The van der Waals surface area contributed by atoms with Crippen molar-refractivity contribution in [2.75, 3.05) is 35.2 Å². The van der Waals surface area contributed by atoms with Crippen LogP contribution in [0.15, 0.2) is 60.7 Å². The zero-order valence-corrected chi connectivity index (χ0v) is 45.1. The summed E-state index contributed by atoms with van der Waals surface area (Å²) in [7, 11) is -4.65. The van der Waals surface area contributed by atoms with Crippen molar-refractivity contribution in [2.24, 2.45) is 0 Å². The molecule has 24 heteroatoms. The van der Waals surface area contributed by atoms with Gasteiger partial charge < -0.3 is 36.3 Å². The average molecular weight is 1050 g/mol. The van der Waals surface area contributed by atoms with Gasteiger partial charge in [-0.2, -0.15) is 0 Å². The number of anilines is 2. The number of rotatable bonds is 20. The zero-order valence-electron chi connectivity index (χ0n) is 43.0. The molecule has 368 valence electrons. The maximum absolute atomic E-state index is 13.5. The van der Waals surface area contributed by atoms with E-state index in [4.69, 9.17) is 10.2 Å². The fraction of sp³-hybridized carbons (Fsp3) is 0.409. The number of benzene rings is 2. The van der Waals surface area contributed by atoms with E-state index < -0.39 is 80.9 Å². The van der Waals surface area contributed by atoms with Crippen LogP contribution in [0.25, 0.3) is 34.7 Å². The molecule has 0 spiro atoms. The summed E-state index contributed by atoms with van der Waals surface area (Å²) >= 11 is 0. The SMILES string of the molecule is CC(C)c1nc(N(C)S(C)(=O)=O)nc(-c2ccc(F)cc2)c1C=C[C@@H](O)C[C@@H](O)CC(=O)O.CC(C)c1nc(N(C)S(C)(=O)=O)nc(-c2ccc(F)cc2)c1C=C[C@@H](O)C[C@@H](O)CC(=O)O.[Ca+2].[Ca+2].[H-].[H-].[H-].[H-]. The first-order valence-corrected chi connectivity index (χ1v) is 24.0. The van der Waals surface area contributed by atoms with Gasteiger partial charge in [-0.05, 0) is 60.4 Å². The van der Waals surface area contributed by atoms with Crippen LogP contribution in [0.1, 0.15) is 93.4 Å². The van der Waals surface area contributed by atoms with Gasteiger partial charge in [-0.1, -0.05) is 52.0 Å². The third-order valence-electron chi connectivity index (χ3n) is 9.63. The zero-order chi connectivity index (χ0) is 49.8. The first kappa shape index (κ1) is 62.8. The molecule has 0 bridgehead atoms. The minimum atomic E-state index is -3.65. The molecule has 0 unspecified atom stereocenters. The number of hydrogen-bond acceptors (Lipinski definition) is 14. The van der Waals surface area contributed by atoms with Crippen molar-refractivity contribution in [3.63, 3.8) is 0 Å². The number of aliphatic hydroxyl groups excluding tert-OH is 4. The van der Waals surface area contributed by atoms with Crippen LogP contribution in [0.4, 0.5) is 20.7 Å². The summed E-state index contributed by atoms with van der Waals surface area (Å²) in [5.41, 5.74) is 3.60. The van der Waals surface area contributed by atoms with Crippen LogP contribution in [0, 0.1) is 11.6 Å². The Morgan fingerprint density at radius 3 is 1.15 bits per heavy atom. The summed E-state index contributed by atoms with van der Waals surface area (Å²) in [5.74, 6) is -3.74. The molecule has 4 rings (SSSR count). The molecule has 2 aromatic carbocycles. The van der Waals surface area contributed by atoms with Gasteiger partial charge in [0, 0.05) is 49.2 Å². The molecule has 4 aromatic rings. The summed E-state index contributed by atoms with van der Waals surface area (Å²) in [6, 6.07) is 11.0. The normalized spacial score (nSPS) is 13.5. The van der Waals surface area contributed by atoms with Gasteiger partial charge in [0.1, 0.15) is 11.6 Å². The molecule has 0 fully saturated rings. The summed E-state index contributed by atoms with van der Waals surface area (Å²) in [4.78, 5) is 39.1. The van der Waals surface area contributed by atoms with E-state index in [1.807, 2.05) is 27.7 Å². The molecule has 4 atom stereocenters. The fourth-order valence-corrected chi connectivity index (χ4v) is 6.85. The topological polar surface area (TPSA) is 282 Å². The number of sulfonamides is 2. The molecule has 0 saturated carbocycles. The quantitative estimate of drug-likeness (QED) is 0.0665. The first-order chi connectivity index (χ1) is 30.6. The number of aromatic nitrogens is 4. The number of carboxylic acids is 2. The van der Waals surface area contributed by atoms with Crippen molar-refractivity contribution in [2.45, 2.75) is 89.6 Å². The minimum Gasteiger partial charge on any atom is -1.00 e. The number of carbonyl (C=O) groups is 2. The summed E-state index contributed by atoms with van der Waals surface area (Å²) in [6.45, 7) is 7.41. The van der Waals surface area contributed by atoms with Crippen molar-refractivity contribution in [1.82, 2.24) is 19.9 Å². The molecular formula is C44H60Ca2F2N6O12S2. The Balaban J connectivity index is -0.000000593. The predicted molar refractivity (Wildman–Crippen MR) is 261 cm³/mol. The third-order valence-corrected chi connectivity index (χ3v) is 11.9. The van der Waals surface area contributed by atoms with Crippen molar-refractivity contribution in [1.29, 1.82) is 0 Å². The van der Waals surface area contributed by atoms with Crippen molar-refractivity contribution in [3.8, 4) is 22.5 Å². The maximum Gasteiger partial charge on any atom is 2.00 e. The Kier molecular flexibility index (Phi) is 25.8. The van der Waals surface area contributed by atoms with Gasteiger partial charge in [0.05, 0.1) is 72.5 Å². The molecule has 0 radical (unpaired) electrons. The Hall–Kier alpha value is -3.26. The summed E-state index contributed by atoms with van der Waals surface area (Å²) < 4.78 is 77.2. The van der Waals surface area contributed by atoms with Crippen LogP contribution in [0.5, 0.6) is 0 Å². The average Bonchev–Trinajstić information content (AvgIpc) is 3.20. The number of hydrogen-bond donors (Lipinski definition) is 6. The monoisotopic (exact) mass is 1050 g/mol. The second-order valence-electron chi connectivity index (χ2n) is 16.0. The van der Waals surface area contributed by atoms with Crippen molar-refractivity contribution >= 4 is 132 Å². The molecular weight excluding hydrogens is 987 g/mol. The van der Waals surface area contributed by atoms with Gasteiger partial charge >= 0.3 is 87.4 Å². The maximum atomic E-state index is 13.5. The van der Waals surface area contributed by atoms with E-state index in [0.717, 1.165) is 21.1 Å². The van der Waals surface area contributed by atoms with Crippen LogP contribution in [0.3, 0.4) is 0 Å². The molecule has 0 aliphatic carbocycles. The fourth-order valence-electron chi connectivity index (χ4n) is 6.09. The number of halogens is 2. The van der Waals surface area contributed by atoms with E-state index in [1.165, 1.54) is 86.9 Å². The van der Waals surface area contributed by atoms with Crippen LogP contribution in [0.2, 0.25) is 0 Å². The van der Waals surface area contributed by atoms with Gasteiger partial charge in [-0.15, -0.1) is 0 Å². The van der Waals surface area contributed by atoms with Gasteiger partial charge in [0.2, 0.25) is 31.9 Å². The molecule has 18 nitrogen and oxygen atoms in total. The second-order valence-corrected chi connectivity index (χ2v) is 20.0. The van der Waals surface area contributed by atoms with E-state index in [1.54, 1.807) is 0 Å². The van der Waals surface area contributed by atoms with Crippen LogP contribution < -0.4 is 8.61 Å². The molecule has 6 N–H and O–H groups in total. The second kappa shape index (κ2) is 28.0. The van der Waals surface area contributed by atoms with Gasteiger partial charge in [-0.25, -0.2) is 54.2 Å². The van der Waals surface area contributed by atoms with Crippen LogP contribution in [-0.4, -0.2) is 206 Å². The van der Waals surface area contributed by atoms with Gasteiger partial charge in [-0.3, -0.25) is 9.59 Å². The number of aliphatic hydroxyl groups is 4. The smallest absolute Gasteiger partial charge is 1.00 e. The number of aliphatic carboxylic acids is 2. The van der Waals surface area contributed by atoms with Gasteiger partial charge in [0.25, 0.3) is 0 Å². The summed E-state index contributed by atoms with van der Waals surface area (Å²) in [5, 5.41) is 57.6. The minimum absolute atomic E-state index is 0. The predicted octanol–water partition coefficient (Wildman–Crippen LogP) is 4.49. The number of carboxylic acid groups (broad SMARTS) is 2. The Morgan fingerprint density at radius 2 is 0.897 bits per heavy atom. The van der Waals surface area contributed by atoms with E-state index in [2.05, 4.69) is 19.9 Å². The number of nitrogens with zero attached hydrogens (tertiary/aromatic N) is 6. The Morgan fingerprint density at radius 1 is 0.603 bits per heavy atom. The molecule has 2 aromatic heterocycles. The molecule has 0 amide bonds. The summed E-state index contributed by atoms with van der Waals surface area (Å²) in [6.07, 6.45) is 1.72. The van der Waals surface area contributed by atoms with E-state index >= 15 is 0 Å².